The standard InChI is InChI=1S/C18H14N4O/c1-12-5-7-13(8-6-12)16-10-17(23)22-18(21-16)14(11-20-22)15-4-2-3-9-19-15/h2-11,20H,1H3. The second-order valence-corrected chi connectivity index (χ2v) is 5.41. The summed E-state index contributed by atoms with van der Waals surface area (Å²) in [6.45, 7) is 2.03. The van der Waals surface area contributed by atoms with Crippen molar-refractivity contribution >= 4 is 5.65 Å². The highest BCUT2D eigenvalue weighted by atomic mass is 16.1. The van der Waals surface area contributed by atoms with Gasteiger partial charge in [-0.25, -0.2) is 9.50 Å². The molecule has 3 aromatic heterocycles. The van der Waals surface area contributed by atoms with Crippen LogP contribution in [0.15, 0.2) is 65.7 Å². The Morgan fingerprint density at radius 1 is 1.04 bits per heavy atom. The number of aromatic amines is 1. The van der Waals surface area contributed by atoms with Crippen LogP contribution >= 0.6 is 0 Å². The third-order valence-corrected chi connectivity index (χ3v) is 3.79. The van der Waals surface area contributed by atoms with E-state index in [0.717, 1.165) is 16.8 Å². The molecule has 0 aliphatic rings. The SMILES string of the molecule is Cc1ccc(-c2cc(=O)n3[nH]cc(-c4ccccn4)c3n2)cc1. The molecular weight excluding hydrogens is 288 g/mol. The van der Waals surface area contributed by atoms with E-state index in [1.807, 2.05) is 49.4 Å². The molecule has 0 aliphatic heterocycles. The molecule has 4 rings (SSSR count). The molecule has 0 atom stereocenters. The van der Waals surface area contributed by atoms with Gasteiger partial charge in [0.1, 0.15) is 0 Å². The summed E-state index contributed by atoms with van der Waals surface area (Å²) in [5.41, 5.74) is 4.76. The molecule has 0 spiro atoms. The van der Waals surface area contributed by atoms with Crippen LogP contribution in [0.4, 0.5) is 0 Å². The highest BCUT2D eigenvalue weighted by Gasteiger charge is 2.12. The lowest BCUT2D eigenvalue weighted by atomic mass is 10.1. The molecular formula is C18H14N4O. The Balaban J connectivity index is 1.95. The first-order valence-corrected chi connectivity index (χ1v) is 7.32. The number of rotatable bonds is 2. The van der Waals surface area contributed by atoms with E-state index >= 15 is 0 Å². The average Bonchev–Trinajstić information content (AvgIpc) is 3.01. The molecule has 23 heavy (non-hydrogen) atoms. The zero-order valence-corrected chi connectivity index (χ0v) is 12.5. The lowest BCUT2D eigenvalue weighted by molar-refractivity contribution is 0.901. The molecule has 4 aromatic rings. The van der Waals surface area contributed by atoms with E-state index in [1.54, 1.807) is 12.4 Å². The van der Waals surface area contributed by atoms with Crippen molar-refractivity contribution < 1.29 is 0 Å². The Morgan fingerprint density at radius 3 is 2.61 bits per heavy atom. The molecule has 3 heterocycles. The molecule has 0 aliphatic carbocycles. The van der Waals surface area contributed by atoms with Crippen molar-refractivity contribution in [3.05, 3.63) is 76.8 Å². The fourth-order valence-electron chi connectivity index (χ4n) is 2.56. The maximum Gasteiger partial charge on any atom is 0.273 e. The highest BCUT2D eigenvalue weighted by Crippen LogP contribution is 2.23. The van der Waals surface area contributed by atoms with Crippen LogP contribution in [0.1, 0.15) is 5.56 Å². The minimum absolute atomic E-state index is 0.146. The molecule has 1 aromatic carbocycles. The Morgan fingerprint density at radius 2 is 1.87 bits per heavy atom. The van der Waals surface area contributed by atoms with Crippen molar-refractivity contribution in [2.24, 2.45) is 0 Å². The van der Waals surface area contributed by atoms with Crippen molar-refractivity contribution in [3.8, 4) is 22.5 Å². The molecule has 0 saturated carbocycles. The lowest BCUT2D eigenvalue weighted by Crippen LogP contribution is -2.14. The molecule has 0 radical (unpaired) electrons. The summed E-state index contributed by atoms with van der Waals surface area (Å²) in [5, 5.41) is 2.94. The molecule has 0 unspecified atom stereocenters. The first-order chi connectivity index (χ1) is 11.2. The van der Waals surface area contributed by atoms with Gasteiger partial charge in [0.05, 0.1) is 17.0 Å². The molecule has 5 nitrogen and oxygen atoms in total. The third kappa shape index (κ3) is 2.32. The fraction of sp³-hybridized carbons (Fsp3) is 0.0556. The van der Waals surface area contributed by atoms with Gasteiger partial charge in [-0.2, -0.15) is 0 Å². The number of pyridine rings is 1. The molecule has 0 saturated heterocycles. The van der Waals surface area contributed by atoms with Gasteiger partial charge in [-0.3, -0.25) is 14.9 Å². The first kappa shape index (κ1) is 13.5. The van der Waals surface area contributed by atoms with Gasteiger partial charge in [0.2, 0.25) is 0 Å². The average molecular weight is 302 g/mol. The summed E-state index contributed by atoms with van der Waals surface area (Å²) >= 11 is 0. The van der Waals surface area contributed by atoms with Crippen LogP contribution in [0, 0.1) is 6.92 Å². The summed E-state index contributed by atoms with van der Waals surface area (Å²) in [5.74, 6) is 0. The van der Waals surface area contributed by atoms with Crippen LogP contribution in [-0.4, -0.2) is 19.6 Å². The fourth-order valence-corrected chi connectivity index (χ4v) is 2.56. The molecule has 5 heteroatoms. The molecule has 0 bridgehead atoms. The third-order valence-electron chi connectivity index (χ3n) is 3.79. The number of benzene rings is 1. The van der Waals surface area contributed by atoms with Crippen LogP contribution in [0.25, 0.3) is 28.2 Å². The zero-order chi connectivity index (χ0) is 15.8. The second-order valence-electron chi connectivity index (χ2n) is 5.41. The number of hydrogen-bond acceptors (Lipinski definition) is 3. The van der Waals surface area contributed by atoms with Crippen molar-refractivity contribution in [1.29, 1.82) is 0 Å². The molecule has 112 valence electrons. The van der Waals surface area contributed by atoms with E-state index in [-0.39, 0.29) is 5.56 Å². The molecule has 1 N–H and O–H groups in total. The summed E-state index contributed by atoms with van der Waals surface area (Å²) < 4.78 is 1.43. The number of aryl methyl sites for hydroxylation is 1. The van der Waals surface area contributed by atoms with E-state index in [2.05, 4.69) is 15.1 Å². The van der Waals surface area contributed by atoms with Crippen molar-refractivity contribution in [2.45, 2.75) is 6.92 Å². The second kappa shape index (κ2) is 5.21. The van der Waals surface area contributed by atoms with E-state index in [0.29, 0.717) is 11.3 Å². The van der Waals surface area contributed by atoms with Crippen molar-refractivity contribution in [3.63, 3.8) is 0 Å². The van der Waals surface area contributed by atoms with Gasteiger partial charge in [0, 0.05) is 24.0 Å². The predicted octanol–water partition coefficient (Wildman–Crippen LogP) is 3.06. The number of hydrogen-bond donors (Lipinski definition) is 1. The monoisotopic (exact) mass is 302 g/mol. The number of nitrogens with zero attached hydrogens (tertiary/aromatic N) is 3. The van der Waals surface area contributed by atoms with Crippen LogP contribution in [0.3, 0.4) is 0 Å². The summed E-state index contributed by atoms with van der Waals surface area (Å²) in [7, 11) is 0. The predicted molar refractivity (Wildman–Crippen MR) is 89.2 cm³/mol. The van der Waals surface area contributed by atoms with Gasteiger partial charge in [-0.05, 0) is 19.1 Å². The first-order valence-electron chi connectivity index (χ1n) is 7.32. The van der Waals surface area contributed by atoms with Crippen molar-refractivity contribution in [2.75, 3.05) is 0 Å². The minimum Gasteiger partial charge on any atom is -0.296 e. The smallest absolute Gasteiger partial charge is 0.273 e. The maximum absolute atomic E-state index is 12.4. The molecule has 0 amide bonds. The number of aromatic nitrogens is 4. The summed E-state index contributed by atoms with van der Waals surface area (Å²) in [4.78, 5) is 21.4. The Labute approximate surface area is 132 Å². The Hall–Kier alpha value is -3.21. The quantitative estimate of drug-likeness (QED) is 0.619. The maximum atomic E-state index is 12.4. The van der Waals surface area contributed by atoms with E-state index in [1.165, 1.54) is 16.1 Å². The number of H-pyrrole nitrogens is 1. The van der Waals surface area contributed by atoms with Gasteiger partial charge in [-0.15, -0.1) is 0 Å². The largest absolute Gasteiger partial charge is 0.296 e. The Bertz CT molecular complexity index is 1030. The summed E-state index contributed by atoms with van der Waals surface area (Å²) in [6, 6.07) is 15.2. The van der Waals surface area contributed by atoms with Crippen LogP contribution in [0.5, 0.6) is 0 Å². The minimum atomic E-state index is -0.146. The topological polar surface area (TPSA) is 63.0 Å². The van der Waals surface area contributed by atoms with Crippen LogP contribution < -0.4 is 5.56 Å². The van der Waals surface area contributed by atoms with Gasteiger partial charge >= 0.3 is 0 Å². The highest BCUT2D eigenvalue weighted by molar-refractivity contribution is 5.76. The summed E-state index contributed by atoms with van der Waals surface area (Å²) in [6.07, 6.45) is 3.48. The lowest BCUT2D eigenvalue weighted by Gasteiger charge is -2.03. The van der Waals surface area contributed by atoms with Crippen LogP contribution in [-0.2, 0) is 0 Å². The van der Waals surface area contributed by atoms with Crippen LogP contribution in [0.2, 0.25) is 0 Å². The van der Waals surface area contributed by atoms with Gasteiger partial charge in [-0.1, -0.05) is 35.9 Å². The van der Waals surface area contributed by atoms with E-state index < -0.39 is 0 Å². The number of fused-ring (bicyclic) bond motifs is 1. The van der Waals surface area contributed by atoms with Gasteiger partial charge in [0.15, 0.2) is 5.65 Å². The van der Waals surface area contributed by atoms with Crippen molar-refractivity contribution in [1.82, 2.24) is 19.6 Å². The van der Waals surface area contributed by atoms with E-state index in [4.69, 9.17) is 0 Å². The van der Waals surface area contributed by atoms with Gasteiger partial charge < -0.3 is 0 Å². The molecule has 0 fully saturated rings. The Kier molecular flexibility index (Phi) is 3.05. The van der Waals surface area contributed by atoms with Gasteiger partial charge in [0.25, 0.3) is 5.56 Å². The zero-order valence-electron chi connectivity index (χ0n) is 12.5. The number of nitrogens with one attached hydrogen (secondary N) is 1. The normalized spacial score (nSPS) is 11.0. The van der Waals surface area contributed by atoms with E-state index in [9.17, 15) is 4.79 Å².